The number of alkyl halides is 2. The van der Waals surface area contributed by atoms with Crippen LogP contribution in [0.5, 0.6) is 0 Å². The van der Waals surface area contributed by atoms with Gasteiger partial charge in [-0.2, -0.15) is 0 Å². The lowest BCUT2D eigenvalue weighted by Crippen LogP contribution is -2.22. The molecule has 4 rings (SSSR count). The number of rotatable bonds is 10. The van der Waals surface area contributed by atoms with Gasteiger partial charge >= 0.3 is 0 Å². The molecule has 0 radical (unpaired) electrons. The number of ether oxygens (including phenoxy) is 2. The smallest absolute Gasteiger partial charge is 0.261 e. The van der Waals surface area contributed by atoms with Crippen molar-refractivity contribution in [2.24, 2.45) is 5.92 Å². The Labute approximate surface area is 188 Å². The van der Waals surface area contributed by atoms with E-state index in [-0.39, 0.29) is 12.0 Å². The molecular formula is C22H33F2N5O2Si. The number of halogens is 2. The third kappa shape index (κ3) is 5.02. The first-order valence-electron chi connectivity index (χ1n) is 11.4. The first-order chi connectivity index (χ1) is 15.3. The van der Waals surface area contributed by atoms with E-state index in [9.17, 15) is 8.78 Å². The molecule has 1 fully saturated rings. The summed E-state index contributed by atoms with van der Waals surface area (Å²) in [7, 11) is -1.13. The van der Waals surface area contributed by atoms with Gasteiger partial charge in [0, 0.05) is 26.8 Å². The van der Waals surface area contributed by atoms with Crippen LogP contribution in [0.25, 0.3) is 16.8 Å². The van der Waals surface area contributed by atoms with E-state index < -0.39 is 21.1 Å². The van der Waals surface area contributed by atoms with Crippen LogP contribution in [0.1, 0.15) is 37.9 Å². The molecule has 0 aromatic carbocycles. The normalized spacial score (nSPS) is 22.0. The van der Waals surface area contributed by atoms with E-state index in [0.717, 1.165) is 42.5 Å². The van der Waals surface area contributed by atoms with Crippen molar-refractivity contribution in [3.63, 3.8) is 0 Å². The van der Waals surface area contributed by atoms with Gasteiger partial charge in [0.05, 0.1) is 17.8 Å². The van der Waals surface area contributed by atoms with Crippen molar-refractivity contribution in [1.29, 1.82) is 0 Å². The van der Waals surface area contributed by atoms with Crippen LogP contribution < -0.4 is 0 Å². The average Bonchev–Trinajstić information content (AvgIpc) is 3.44. The van der Waals surface area contributed by atoms with E-state index in [1.807, 2.05) is 16.8 Å². The molecule has 3 aromatic rings. The molecular weight excluding hydrogens is 432 g/mol. The first kappa shape index (κ1) is 23.3. The molecule has 0 aliphatic heterocycles. The van der Waals surface area contributed by atoms with E-state index in [4.69, 9.17) is 9.47 Å². The summed E-state index contributed by atoms with van der Waals surface area (Å²) in [6.07, 6.45) is 3.48. The summed E-state index contributed by atoms with van der Waals surface area (Å²) in [4.78, 5) is 4.60. The van der Waals surface area contributed by atoms with Crippen LogP contribution in [0.4, 0.5) is 8.78 Å². The fourth-order valence-electron chi connectivity index (χ4n) is 4.60. The van der Waals surface area contributed by atoms with Crippen molar-refractivity contribution in [1.82, 2.24) is 24.1 Å². The fraction of sp³-hybridized carbons (Fsp3) is 0.682. The first-order valence-corrected chi connectivity index (χ1v) is 15.1. The summed E-state index contributed by atoms with van der Waals surface area (Å²) in [5, 5.41) is 8.85. The van der Waals surface area contributed by atoms with E-state index in [1.54, 1.807) is 6.20 Å². The minimum absolute atomic E-state index is 0.111. The number of fused-ring (bicyclic) bond motifs is 3. The van der Waals surface area contributed by atoms with Gasteiger partial charge in [-0.15, -0.1) is 10.2 Å². The quantitative estimate of drug-likeness (QED) is 0.313. The third-order valence-electron chi connectivity index (χ3n) is 6.36. The molecule has 1 aliphatic rings. The minimum atomic E-state index is -2.44. The van der Waals surface area contributed by atoms with Crippen LogP contribution in [0.15, 0.2) is 18.5 Å². The Morgan fingerprint density at radius 2 is 2.03 bits per heavy atom. The lowest BCUT2D eigenvalue weighted by atomic mass is 9.93. The van der Waals surface area contributed by atoms with Crippen molar-refractivity contribution in [3.05, 3.63) is 24.3 Å². The zero-order valence-corrected chi connectivity index (χ0v) is 20.3. The molecule has 3 unspecified atom stereocenters. The monoisotopic (exact) mass is 465 g/mol. The summed E-state index contributed by atoms with van der Waals surface area (Å²) >= 11 is 0. The molecule has 0 saturated heterocycles. The highest BCUT2D eigenvalue weighted by atomic mass is 28.3. The second-order valence-corrected chi connectivity index (χ2v) is 15.6. The minimum Gasteiger partial charge on any atom is -0.372 e. The van der Waals surface area contributed by atoms with E-state index in [0.29, 0.717) is 24.7 Å². The van der Waals surface area contributed by atoms with Gasteiger partial charge in [0.15, 0.2) is 11.3 Å². The highest BCUT2D eigenvalue weighted by molar-refractivity contribution is 6.76. The molecule has 3 atom stereocenters. The summed E-state index contributed by atoms with van der Waals surface area (Å²) < 4.78 is 40.7. The number of hydrogen-bond acceptors (Lipinski definition) is 5. The van der Waals surface area contributed by atoms with E-state index in [1.165, 1.54) is 0 Å². The van der Waals surface area contributed by atoms with Crippen molar-refractivity contribution >= 4 is 24.9 Å². The van der Waals surface area contributed by atoms with E-state index in [2.05, 4.69) is 46.1 Å². The van der Waals surface area contributed by atoms with Crippen LogP contribution in [0, 0.1) is 5.92 Å². The van der Waals surface area contributed by atoms with Gasteiger partial charge in [-0.1, -0.05) is 33.0 Å². The largest absolute Gasteiger partial charge is 0.372 e. The number of aromatic nitrogens is 5. The lowest BCUT2D eigenvalue weighted by molar-refractivity contribution is -0.0227. The predicted molar refractivity (Wildman–Crippen MR) is 122 cm³/mol. The molecule has 0 bridgehead atoms. The Morgan fingerprint density at radius 3 is 2.75 bits per heavy atom. The molecule has 0 amide bonds. The zero-order valence-electron chi connectivity index (χ0n) is 19.3. The SMILES string of the molecule is CCC1CC(OCC(F)F)CC1c1nnc2cnc3c(ccn3COCC[Si](C)(C)C)n12. The number of hydrogen-bond donors (Lipinski definition) is 0. The van der Waals surface area contributed by atoms with Crippen molar-refractivity contribution < 1.29 is 18.3 Å². The van der Waals surface area contributed by atoms with Crippen LogP contribution in [-0.2, 0) is 16.2 Å². The average molecular weight is 466 g/mol. The van der Waals surface area contributed by atoms with Gasteiger partial charge < -0.3 is 14.0 Å². The Kier molecular flexibility index (Phi) is 6.92. The molecule has 1 aliphatic carbocycles. The molecule has 32 heavy (non-hydrogen) atoms. The second kappa shape index (κ2) is 9.52. The van der Waals surface area contributed by atoms with Gasteiger partial charge in [0.1, 0.15) is 19.2 Å². The second-order valence-electron chi connectivity index (χ2n) is 9.95. The molecule has 10 heteroatoms. The summed E-state index contributed by atoms with van der Waals surface area (Å²) in [5.74, 6) is 1.29. The predicted octanol–water partition coefficient (Wildman–Crippen LogP) is 4.95. The topological polar surface area (TPSA) is 66.5 Å². The van der Waals surface area contributed by atoms with Crippen LogP contribution in [0.2, 0.25) is 25.7 Å². The Bertz CT molecular complexity index is 1050. The maximum atomic E-state index is 12.6. The molecule has 0 N–H and O–H groups in total. The Hall–Kier alpha value is -1.91. The van der Waals surface area contributed by atoms with Gasteiger partial charge in [-0.3, -0.25) is 4.40 Å². The van der Waals surface area contributed by atoms with Crippen molar-refractivity contribution in [2.75, 3.05) is 13.2 Å². The van der Waals surface area contributed by atoms with Crippen LogP contribution >= 0.6 is 0 Å². The van der Waals surface area contributed by atoms with Gasteiger partial charge in [-0.05, 0) is 30.9 Å². The number of nitrogens with zero attached hydrogens (tertiary/aromatic N) is 5. The van der Waals surface area contributed by atoms with Gasteiger partial charge in [0.2, 0.25) is 0 Å². The highest BCUT2D eigenvalue weighted by Crippen LogP contribution is 2.42. The molecule has 7 nitrogen and oxygen atoms in total. The third-order valence-corrected chi connectivity index (χ3v) is 8.07. The molecule has 3 heterocycles. The lowest BCUT2D eigenvalue weighted by Gasteiger charge is -2.16. The zero-order chi connectivity index (χ0) is 22.9. The molecule has 176 valence electrons. The van der Waals surface area contributed by atoms with Crippen LogP contribution in [0.3, 0.4) is 0 Å². The molecule has 0 spiro atoms. The van der Waals surface area contributed by atoms with Crippen molar-refractivity contribution in [2.45, 2.75) is 77.0 Å². The van der Waals surface area contributed by atoms with Crippen molar-refractivity contribution in [3.8, 4) is 0 Å². The summed E-state index contributed by atoms with van der Waals surface area (Å²) in [5.41, 5.74) is 2.45. The Morgan fingerprint density at radius 1 is 1.22 bits per heavy atom. The maximum absolute atomic E-state index is 12.6. The Balaban J connectivity index is 1.57. The summed E-state index contributed by atoms with van der Waals surface area (Å²) in [6.45, 7) is 9.82. The standard InChI is InChI=1S/C22H33F2N5O2Si/c1-5-15-10-16(31-13-19(23)24)11-17(15)21-27-26-20-12-25-22-18(29(20)21)6-7-28(22)14-30-8-9-32(2,3)4/h6-7,12,15-17,19H,5,8-11,13-14H2,1-4H3. The molecule has 1 saturated carbocycles. The maximum Gasteiger partial charge on any atom is 0.261 e. The summed E-state index contributed by atoms with van der Waals surface area (Å²) in [6, 6.07) is 3.14. The van der Waals surface area contributed by atoms with Crippen LogP contribution in [-0.4, -0.2) is 58.0 Å². The fourth-order valence-corrected chi connectivity index (χ4v) is 5.35. The van der Waals surface area contributed by atoms with Gasteiger partial charge in [0.25, 0.3) is 6.43 Å². The van der Waals surface area contributed by atoms with Gasteiger partial charge in [-0.25, -0.2) is 13.8 Å². The highest BCUT2D eigenvalue weighted by Gasteiger charge is 2.38. The van der Waals surface area contributed by atoms with E-state index >= 15 is 0 Å². The molecule has 3 aromatic heterocycles.